The van der Waals surface area contributed by atoms with E-state index in [4.69, 9.17) is 9.47 Å². The van der Waals surface area contributed by atoms with Gasteiger partial charge < -0.3 is 20.1 Å². The molecule has 7 nitrogen and oxygen atoms in total. The van der Waals surface area contributed by atoms with Gasteiger partial charge in [-0.1, -0.05) is 19.9 Å². The van der Waals surface area contributed by atoms with E-state index >= 15 is 0 Å². The van der Waals surface area contributed by atoms with Crippen LogP contribution in [0.25, 0.3) is 0 Å². The number of carbonyl (C=O) groups is 3. The first-order chi connectivity index (χ1) is 14.0. The molecule has 0 saturated heterocycles. The standard InChI is InChI=1S/C22H38N2O5/c1-4-6-20(25)23-12-14-29-16-15-28-13-11-21(26)24-19-9-7-18(8-10-19)22(27)17(3)5-2/h5,17-19H,2,4,6-16H2,1,3H3,(H,23,25)(H,24,26). The van der Waals surface area contributed by atoms with Crippen LogP contribution in [0.4, 0.5) is 0 Å². The monoisotopic (exact) mass is 410 g/mol. The third-order valence-corrected chi connectivity index (χ3v) is 5.19. The van der Waals surface area contributed by atoms with Crippen molar-refractivity contribution in [2.24, 2.45) is 11.8 Å². The van der Waals surface area contributed by atoms with Gasteiger partial charge >= 0.3 is 0 Å². The maximum absolute atomic E-state index is 12.2. The van der Waals surface area contributed by atoms with E-state index in [0.29, 0.717) is 45.8 Å². The Kier molecular flexibility index (Phi) is 13.2. The quantitative estimate of drug-likeness (QED) is 0.319. The normalized spacial score (nSPS) is 19.9. The van der Waals surface area contributed by atoms with Crippen LogP contribution in [0.2, 0.25) is 0 Å². The van der Waals surface area contributed by atoms with Gasteiger partial charge in [-0.05, 0) is 32.1 Å². The number of nitrogens with one attached hydrogen (secondary N) is 2. The number of allylic oxidation sites excluding steroid dienone is 1. The van der Waals surface area contributed by atoms with Crippen LogP contribution in [0.1, 0.15) is 58.8 Å². The van der Waals surface area contributed by atoms with E-state index in [-0.39, 0.29) is 35.5 Å². The third-order valence-electron chi connectivity index (χ3n) is 5.19. The average molecular weight is 411 g/mol. The van der Waals surface area contributed by atoms with Gasteiger partial charge in [0.05, 0.1) is 26.4 Å². The molecule has 0 spiro atoms. The molecule has 1 saturated carbocycles. The first kappa shape index (κ1) is 25.3. The van der Waals surface area contributed by atoms with Gasteiger partial charge in [-0.15, -0.1) is 6.58 Å². The second-order valence-electron chi connectivity index (χ2n) is 7.62. The highest BCUT2D eigenvalue weighted by Gasteiger charge is 2.28. The number of Topliss-reactive ketones (excluding diaryl/α,β-unsaturated/α-hetero) is 1. The van der Waals surface area contributed by atoms with Gasteiger partial charge in [0, 0.05) is 37.3 Å². The summed E-state index contributed by atoms with van der Waals surface area (Å²) in [6.45, 7) is 9.71. The highest BCUT2D eigenvalue weighted by Crippen LogP contribution is 2.27. The minimum atomic E-state index is -0.0907. The minimum Gasteiger partial charge on any atom is -0.379 e. The Morgan fingerprint density at radius 2 is 1.66 bits per heavy atom. The zero-order valence-corrected chi connectivity index (χ0v) is 18.0. The number of amides is 2. The largest absolute Gasteiger partial charge is 0.379 e. The minimum absolute atomic E-state index is 0.0150. The van der Waals surface area contributed by atoms with Gasteiger partial charge in [0.15, 0.2) is 0 Å². The maximum Gasteiger partial charge on any atom is 0.222 e. The summed E-state index contributed by atoms with van der Waals surface area (Å²) in [7, 11) is 0. The number of ketones is 1. The molecule has 0 aromatic rings. The number of hydrogen-bond acceptors (Lipinski definition) is 5. The average Bonchev–Trinajstić information content (AvgIpc) is 2.72. The summed E-state index contributed by atoms with van der Waals surface area (Å²) in [4.78, 5) is 35.5. The van der Waals surface area contributed by atoms with Crippen molar-refractivity contribution in [2.45, 2.75) is 64.8 Å². The van der Waals surface area contributed by atoms with Gasteiger partial charge in [0.25, 0.3) is 0 Å². The van der Waals surface area contributed by atoms with Crippen LogP contribution in [0.5, 0.6) is 0 Å². The van der Waals surface area contributed by atoms with Crippen LogP contribution in [0, 0.1) is 11.8 Å². The van der Waals surface area contributed by atoms with E-state index in [9.17, 15) is 14.4 Å². The van der Waals surface area contributed by atoms with Gasteiger partial charge in [-0.25, -0.2) is 0 Å². The van der Waals surface area contributed by atoms with Crippen molar-refractivity contribution in [1.82, 2.24) is 10.6 Å². The third kappa shape index (κ3) is 11.1. The molecule has 1 rings (SSSR count). The van der Waals surface area contributed by atoms with Crippen molar-refractivity contribution < 1.29 is 23.9 Å². The molecule has 7 heteroatoms. The second kappa shape index (κ2) is 15.2. The summed E-state index contributed by atoms with van der Waals surface area (Å²) in [5.74, 6) is 0.304. The van der Waals surface area contributed by atoms with Crippen molar-refractivity contribution in [3.8, 4) is 0 Å². The van der Waals surface area contributed by atoms with Crippen molar-refractivity contribution in [2.75, 3.05) is 33.0 Å². The molecule has 166 valence electrons. The van der Waals surface area contributed by atoms with E-state index in [1.54, 1.807) is 6.08 Å². The molecule has 0 radical (unpaired) electrons. The van der Waals surface area contributed by atoms with Crippen LogP contribution in [-0.4, -0.2) is 56.6 Å². The van der Waals surface area contributed by atoms with Gasteiger partial charge in [-0.2, -0.15) is 0 Å². The van der Waals surface area contributed by atoms with Gasteiger partial charge in [-0.3, -0.25) is 14.4 Å². The molecule has 29 heavy (non-hydrogen) atoms. The van der Waals surface area contributed by atoms with Crippen molar-refractivity contribution >= 4 is 17.6 Å². The lowest BCUT2D eigenvalue weighted by Crippen LogP contribution is -2.39. The predicted molar refractivity (Wildman–Crippen MR) is 112 cm³/mol. The number of ether oxygens (including phenoxy) is 2. The molecule has 0 aromatic carbocycles. The Labute approximate surface area is 175 Å². The molecule has 0 aromatic heterocycles. The number of carbonyl (C=O) groups excluding carboxylic acids is 3. The smallest absolute Gasteiger partial charge is 0.222 e. The van der Waals surface area contributed by atoms with Crippen LogP contribution >= 0.6 is 0 Å². The van der Waals surface area contributed by atoms with Gasteiger partial charge in [0.1, 0.15) is 5.78 Å². The fourth-order valence-electron chi connectivity index (χ4n) is 3.37. The molecular formula is C22H38N2O5. The molecule has 1 aliphatic carbocycles. The summed E-state index contributed by atoms with van der Waals surface area (Å²) < 4.78 is 10.8. The first-order valence-corrected chi connectivity index (χ1v) is 10.9. The van der Waals surface area contributed by atoms with Gasteiger partial charge in [0.2, 0.25) is 11.8 Å². The van der Waals surface area contributed by atoms with Crippen LogP contribution in [0.3, 0.4) is 0 Å². The lowest BCUT2D eigenvalue weighted by molar-refractivity contribution is -0.126. The van der Waals surface area contributed by atoms with Crippen molar-refractivity contribution in [3.63, 3.8) is 0 Å². The number of hydrogen-bond donors (Lipinski definition) is 2. The summed E-state index contributed by atoms with van der Waals surface area (Å²) in [5, 5.41) is 5.82. The summed E-state index contributed by atoms with van der Waals surface area (Å²) in [6.07, 6.45) is 6.74. The zero-order valence-electron chi connectivity index (χ0n) is 18.0. The molecule has 1 aliphatic rings. The summed E-state index contributed by atoms with van der Waals surface area (Å²) in [6, 6.07) is 0.150. The Hall–Kier alpha value is -1.73. The fraction of sp³-hybridized carbons (Fsp3) is 0.773. The SMILES string of the molecule is C=CC(C)C(=O)C1CCC(NC(=O)CCOCCOCCNC(=O)CCC)CC1. The lowest BCUT2D eigenvalue weighted by atomic mass is 9.80. The topological polar surface area (TPSA) is 93.7 Å². The fourth-order valence-corrected chi connectivity index (χ4v) is 3.37. The van der Waals surface area contributed by atoms with Crippen molar-refractivity contribution in [1.29, 1.82) is 0 Å². The molecule has 0 heterocycles. The van der Waals surface area contributed by atoms with Crippen LogP contribution < -0.4 is 10.6 Å². The highest BCUT2D eigenvalue weighted by atomic mass is 16.5. The second-order valence-corrected chi connectivity index (χ2v) is 7.62. The first-order valence-electron chi connectivity index (χ1n) is 10.9. The Bertz CT molecular complexity index is 515. The van der Waals surface area contributed by atoms with E-state index in [1.807, 2.05) is 13.8 Å². The van der Waals surface area contributed by atoms with E-state index < -0.39 is 0 Å². The predicted octanol–water partition coefficient (Wildman–Crippen LogP) is 2.39. The lowest BCUT2D eigenvalue weighted by Gasteiger charge is -2.29. The summed E-state index contributed by atoms with van der Waals surface area (Å²) in [5.41, 5.74) is 0. The maximum atomic E-state index is 12.2. The van der Waals surface area contributed by atoms with Crippen LogP contribution in [-0.2, 0) is 23.9 Å². The zero-order chi connectivity index (χ0) is 21.5. The molecular weight excluding hydrogens is 372 g/mol. The van der Waals surface area contributed by atoms with E-state index in [2.05, 4.69) is 17.2 Å². The van der Waals surface area contributed by atoms with Crippen molar-refractivity contribution in [3.05, 3.63) is 12.7 Å². The van der Waals surface area contributed by atoms with Crippen LogP contribution in [0.15, 0.2) is 12.7 Å². The molecule has 1 atom stereocenters. The molecule has 2 amide bonds. The Morgan fingerprint density at radius 1 is 1.00 bits per heavy atom. The number of rotatable bonds is 15. The molecule has 2 N–H and O–H groups in total. The molecule has 0 aliphatic heterocycles. The van der Waals surface area contributed by atoms with E-state index in [0.717, 1.165) is 32.1 Å². The Balaban J connectivity index is 1.99. The molecule has 1 fully saturated rings. The molecule has 0 bridgehead atoms. The highest BCUT2D eigenvalue weighted by molar-refractivity contribution is 5.84. The molecule has 1 unspecified atom stereocenters. The Morgan fingerprint density at radius 3 is 2.28 bits per heavy atom. The summed E-state index contributed by atoms with van der Waals surface area (Å²) >= 11 is 0. The van der Waals surface area contributed by atoms with E-state index in [1.165, 1.54) is 0 Å².